The number of imidazole rings is 1. The van der Waals surface area contributed by atoms with E-state index in [-0.39, 0.29) is 5.54 Å². The monoisotopic (exact) mass is 444 g/mol. The molecule has 5 rings (SSSR count). The van der Waals surface area contributed by atoms with E-state index in [0.717, 1.165) is 70.2 Å². The van der Waals surface area contributed by atoms with Gasteiger partial charge in [0.1, 0.15) is 17.4 Å². The van der Waals surface area contributed by atoms with E-state index in [1.807, 2.05) is 26.1 Å². The zero-order valence-corrected chi connectivity index (χ0v) is 20.3. The number of pyridine rings is 2. The van der Waals surface area contributed by atoms with Gasteiger partial charge in [-0.15, -0.1) is 0 Å². The molecule has 33 heavy (non-hydrogen) atoms. The fourth-order valence-electron chi connectivity index (χ4n) is 4.73. The van der Waals surface area contributed by atoms with Crippen LogP contribution in [0.1, 0.15) is 33.0 Å². The standard InChI is InChI=1S/C26H32N6O/c1-16-27-22-14-24(33-6)18(13-23(22)31(16)5)19-7-8-21-20(28-19)9-10-25(29-21)32-12-11-17(15-32)30-26(2,3)4/h7-10,13-14,17,30H,11-12,15H2,1-6H3. The Labute approximate surface area is 194 Å². The van der Waals surface area contributed by atoms with Crippen molar-refractivity contribution in [2.75, 3.05) is 25.1 Å². The molecular weight excluding hydrogens is 412 g/mol. The van der Waals surface area contributed by atoms with Crippen molar-refractivity contribution < 1.29 is 4.74 Å². The highest BCUT2D eigenvalue weighted by Crippen LogP contribution is 2.34. The largest absolute Gasteiger partial charge is 0.496 e. The van der Waals surface area contributed by atoms with Gasteiger partial charge in [0, 0.05) is 43.3 Å². The maximum atomic E-state index is 5.68. The number of aromatic nitrogens is 4. The third-order valence-electron chi connectivity index (χ3n) is 6.38. The fraction of sp³-hybridized carbons (Fsp3) is 0.423. The molecule has 1 N–H and O–H groups in total. The molecule has 0 saturated carbocycles. The number of fused-ring (bicyclic) bond motifs is 2. The molecule has 4 aromatic rings. The van der Waals surface area contributed by atoms with Gasteiger partial charge < -0.3 is 19.5 Å². The molecule has 0 spiro atoms. The first-order chi connectivity index (χ1) is 15.7. The van der Waals surface area contributed by atoms with Gasteiger partial charge in [-0.2, -0.15) is 0 Å². The van der Waals surface area contributed by atoms with Crippen molar-refractivity contribution in [3.8, 4) is 17.0 Å². The van der Waals surface area contributed by atoms with E-state index < -0.39 is 0 Å². The summed E-state index contributed by atoms with van der Waals surface area (Å²) in [5.74, 6) is 2.75. The van der Waals surface area contributed by atoms with Crippen LogP contribution in [-0.2, 0) is 7.05 Å². The Morgan fingerprint density at radius 1 is 1.00 bits per heavy atom. The maximum Gasteiger partial charge on any atom is 0.130 e. The number of ether oxygens (including phenoxy) is 1. The molecule has 7 nitrogen and oxygen atoms in total. The molecular formula is C26H32N6O. The van der Waals surface area contributed by atoms with Crippen molar-refractivity contribution in [2.45, 2.75) is 45.7 Å². The SMILES string of the molecule is COc1cc2nc(C)n(C)c2cc1-c1ccc2nc(N3CCC(NC(C)(C)C)C3)ccc2n1. The smallest absolute Gasteiger partial charge is 0.130 e. The van der Waals surface area contributed by atoms with Crippen LogP contribution in [-0.4, -0.2) is 51.3 Å². The second-order valence-electron chi connectivity index (χ2n) is 9.99. The third kappa shape index (κ3) is 4.13. The highest BCUT2D eigenvalue weighted by atomic mass is 16.5. The summed E-state index contributed by atoms with van der Waals surface area (Å²) >= 11 is 0. The lowest BCUT2D eigenvalue weighted by Crippen LogP contribution is -2.44. The number of methoxy groups -OCH3 is 1. The van der Waals surface area contributed by atoms with Crippen molar-refractivity contribution in [3.05, 3.63) is 42.2 Å². The van der Waals surface area contributed by atoms with E-state index in [1.165, 1.54) is 0 Å². The van der Waals surface area contributed by atoms with Crippen LogP contribution < -0.4 is 15.0 Å². The Morgan fingerprint density at radius 3 is 2.52 bits per heavy atom. The minimum Gasteiger partial charge on any atom is -0.496 e. The zero-order valence-electron chi connectivity index (χ0n) is 20.3. The molecule has 7 heteroatoms. The first-order valence-corrected chi connectivity index (χ1v) is 11.5. The highest BCUT2D eigenvalue weighted by molar-refractivity contribution is 5.88. The van der Waals surface area contributed by atoms with E-state index in [9.17, 15) is 0 Å². The molecule has 1 aliphatic heterocycles. The van der Waals surface area contributed by atoms with E-state index in [1.54, 1.807) is 7.11 Å². The van der Waals surface area contributed by atoms with Crippen molar-refractivity contribution in [1.82, 2.24) is 24.8 Å². The number of rotatable bonds is 4. The van der Waals surface area contributed by atoms with Gasteiger partial charge in [0.05, 0.1) is 34.9 Å². The summed E-state index contributed by atoms with van der Waals surface area (Å²) in [5.41, 5.74) is 5.71. The summed E-state index contributed by atoms with van der Waals surface area (Å²) in [5, 5.41) is 3.71. The minimum atomic E-state index is 0.121. The highest BCUT2D eigenvalue weighted by Gasteiger charge is 2.26. The van der Waals surface area contributed by atoms with Crippen LogP contribution >= 0.6 is 0 Å². The molecule has 0 bridgehead atoms. The molecule has 1 saturated heterocycles. The Bertz CT molecular complexity index is 1340. The Kier molecular flexibility index (Phi) is 5.24. The maximum absolute atomic E-state index is 5.68. The molecule has 0 aliphatic carbocycles. The predicted molar refractivity (Wildman–Crippen MR) is 134 cm³/mol. The van der Waals surface area contributed by atoms with Crippen molar-refractivity contribution in [2.24, 2.45) is 7.05 Å². The van der Waals surface area contributed by atoms with Crippen LogP contribution in [0, 0.1) is 6.92 Å². The van der Waals surface area contributed by atoms with Crippen LogP contribution in [0.2, 0.25) is 0 Å². The molecule has 4 heterocycles. The molecule has 0 radical (unpaired) electrons. The molecule has 0 amide bonds. The number of hydrogen-bond acceptors (Lipinski definition) is 6. The molecule has 3 aromatic heterocycles. The molecule has 1 atom stereocenters. The summed E-state index contributed by atoms with van der Waals surface area (Å²) in [4.78, 5) is 16.8. The van der Waals surface area contributed by atoms with Gasteiger partial charge in [0.25, 0.3) is 0 Å². The van der Waals surface area contributed by atoms with Gasteiger partial charge >= 0.3 is 0 Å². The number of nitrogens with zero attached hydrogens (tertiary/aromatic N) is 5. The number of nitrogens with one attached hydrogen (secondary N) is 1. The number of hydrogen-bond donors (Lipinski definition) is 1. The van der Waals surface area contributed by atoms with Crippen LogP contribution in [0.5, 0.6) is 5.75 Å². The van der Waals surface area contributed by atoms with E-state index in [4.69, 9.17) is 14.7 Å². The number of anilines is 1. The van der Waals surface area contributed by atoms with Crippen molar-refractivity contribution in [1.29, 1.82) is 0 Å². The third-order valence-corrected chi connectivity index (χ3v) is 6.38. The quantitative estimate of drug-likeness (QED) is 0.501. The summed E-state index contributed by atoms with van der Waals surface area (Å²) in [6, 6.07) is 12.8. The molecule has 1 unspecified atom stereocenters. The van der Waals surface area contributed by atoms with Crippen LogP contribution in [0.4, 0.5) is 5.82 Å². The van der Waals surface area contributed by atoms with Gasteiger partial charge in [-0.05, 0) is 64.4 Å². The van der Waals surface area contributed by atoms with Crippen LogP contribution in [0.15, 0.2) is 36.4 Å². The summed E-state index contributed by atoms with van der Waals surface area (Å²) in [6.45, 7) is 10.6. The lowest BCUT2D eigenvalue weighted by molar-refractivity contribution is 0.373. The van der Waals surface area contributed by atoms with Crippen LogP contribution in [0.25, 0.3) is 33.3 Å². The van der Waals surface area contributed by atoms with Crippen molar-refractivity contribution >= 4 is 27.9 Å². The fourth-order valence-corrected chi connectivity index (χ4v) is 4.73. The van der Waals surface area contributed by atoms with Gasteiger partial charge in [0.2, 0.25) is 0 Å². The molecule has 1 fully saturated rings. The predicted octanol–water partition coefficient (Wildman–Crippen LogP) is 4.47. The number of aryl methyl sites for hydroxylation is 2. The van der Waals surface area contributed by atoms with Gasteiger partial charge in [-0.3, -0.25) is 0 Å². The average molecular weight is 445 g/mol. The molecule has 172 valence electrons. The summed E-state index contributed by atoms with van der Waals surface area (Å²) in [7, 11) is 3.72. The van der Waals surface area contributed by atoms with Crippen LogP contribution in [0.3, 0.4) is 0 Å². The number of benzene rings is 1. The molecule has 1 aliphatic rings. The zero-order chi connectivity index (χ0) is 23.3. The first kappa shape index (κ1) is 21.6. The topological polar surface area (TPSA) is 68.1 Å². The average Bonchev–Trinajstić information content (AvgIpc) is 3.34. The lowest BCUT2D eigenvalue weighted by atomic mass is 10.1. The second-order valence-corrected chi connectivity index (χ2v) is 9.99. The second kappa shape index (κ2) is 7.99. The Morgan fingerprint density at radius 2 is 1.76 bits per heavy atom. The Balaban J connectivity index is 1.46. The first-order valence-electron chi connectivity index (χ1n) is 11.5. The van der Waals surface area contributed by atoms with Gasteiger partial charge in [-0.1, -0.05) is 0 Å². The van der Waals surface area contributed by atoms with E-state index in [0.29, 0.717) is 6.04 Å². The van der Waals surface area contributed by atoms with Gasteiger partial charge in [0.15, 0.2) is 0 Å². The Hall–Kier alpha value is -3.19. The van der Waals surface area contributed by atoms with Gasteiger partial charge in [-0.25, -0.2) is 15.0 Å². The lowest BCUT2D eigenvalue weighted by Gasteiger charge is -2.26. The summed E-state index contributed by atoms with van der Waals surface area (Å²) in [6.07, 6.45) is 1.13. The molecule has 1 aromatic carbocycles. The normalized spacial score (nSPS) is 16.8. The van der Waals surface area contributed by atoms with E-state index >= 15 is 0 Å². The van der Waals surface area contributed by atoms with Crippen molar-refractivity contribution in [3.63, 3.8) is 0 Å². The summed E-state index contributed by atoms with van der Waals surface area (Å²) < 4.78 is 7.77. The minimum absolute atomic E-state index is 0.121. The van der Waals surface area contributed by atoms with E-state index in [2.05, 4.69) is 64.8 Å².